The third-order valence-electron chi connectivity index (χ3n) is 1.91. The zero-order chi connectivity index (χ0) is 9.12. The van der Waals surface area contributed by atoms with E-state index in [2.05, 4.69) is 0 Å². The van der Waals surface area contributed by atoms with Gasteiger partial charge in [0.05, 0.1) is 12.0 Å². The third-order valence-corrected chi connectivity index (χ3v) is 4.51. The van der Waals surface area contributed by atoms with Gasteiger partial charge in [-0.3, -0.25) is 0 Å². The third kappa shape index (κ3) is 2.64. The van der Waals surface area contributed by atoms with Crippen molar-refractivity contribution in [2.75, 3.05) is 11.0 Å². The van der Waals surface area contributed by atoms with E-state index in [0.717, 1.165) is 0 Å². The van der Waals surface area contributed by atoms with E-state index in [0.29, 0.717) is 10.8 Å². The standard InChI is InChI=1S/C6H12I2O3/c1-2-5(3-7,4-9)6(8,10)11/h9-11H,2-4H2,1H3. The minimum absolute atomic E-state index is 0.206. The summed E-state index contributed by atoms with van der Waals surface area (Å²) in [5.41, 5.74) is -0.797. The SMILES string of the molecule is CCC(CO)(CI)C(O)(O)I. The van der Waals surface area contributed by atoms with Crippen LogP contribution in [-0.2, 0) is 0 Å². The van der Waals surface area contributed by atoms with Crippen molar-refractivity contribution in [1.82, 2.24) is 0 Å². The molecule has 3 nitrogen and oxygen atoms in total. The molecule has 0 amide bonds. The lowest BCUT2D eigenvalue weighted by Crippen LogP contribution is -2.47. The van der Waals surface area contributed by atoms with Crippen LogP contribution >= 0.6 is 45.2 Å². The van der Waals surface area contributed by atoms with E-state index in [4.69, 9.17) is 5.11 Å². The van der Waals surface area contributed by atoms with Crippen molar-refractivity contribution < 1.29 is 15.3 Å². The molecule has 0 aliphatic rings. The monoisotopic (exact) mass is 386 g/mol. The number of hydrogen-bond acceptors (Lipinski definition) is 3. The van der Waals surface area contributed by atoms with Gasteiger partial charge in [0.15, 0.2) is 0 Å². The summed E-state index contributed by atoms with van der Waals surface area (Å²) in [6, 6.07) is 0. The molecule has 68 valence electrons. The molecule has 1 atom stereocenters. The van der Waals surface area contributed by atoms with Gasteiger partial charge < -0.3 is 15.3 Å². The lowest BCUT2D eigenvalue weighted by molar-refractivity contribution is -0.158. The van der Waals surface area contributed by atoms with Crippen LogP contribution in [0.4, 0.5) is 0 Å². The number of aliphatic hydroxyl groups excluding tert-OH is 1. The van der Waals surface area contributed by atoms with Gasteiger partial charge in [-0.1, -0.05) is 29.5 Å². The first-order valence-corrected chi connectivity index (χ1v) is 5.84. The second-order valence-electron chi connectivity index (χ2n) is 2.51. The summed E-state index contributed by atoms with van der Waals surface area (Å²) in [5, 5.41) is 27.6. The minimum atomic E-state index is -1.82. The molecule has 0 aromatic heterocycles. The first-order valence-electron chi connectivity index (χ1n) is 3.24. The zero-order valence-corrected chi connectivity index (χ0v) is 10.5. The summed E-state index contributed by atoms with van der Waals surface area (Å²) >= 11 is 3.58. The van der Waals surface area contributed by atoms with E-state index >= 15 is 0 Å². The van der Waals surface area contributed by atoms with E-state index in [1.807, 2.05) is 29.5 Å². The maximum atomic E-state index is 9.31. The van der Waals surface area contributed by atoms with E-state index in [1.54, 1.807) is 0 Å². The van der Waals surface area contributed by atoms with Gasteiger partial charge >= 0.3 is 0 Å². The summed E-state index contributed by atoms with van der Waals surface area (Å²) in [6.45, 7) is 1.62. The molecule has 1 unspecified atom stereocenters. The number of halogens is 2. The second kappa shape index (κ2) is 4.54. The molecule has 0 aromatic carbocycles. The zero-order valence-electron chi connectivity index (χ0n) is 6.22. The Bertz CT molecular complexity index is 109. The van der Waals surface area contributed by atoms with Gasteiger partial charge in [0, 0.05) is 4.43 Å². The van der Waals surface area contributed by atoms with Crippen LogP contribution in [0.15, 0.2) is 0 Å². The maximum Gasteiger partial charge on any atom is 0.225 e. The maximum absolute atomic E-state index is 9.31. The summed E-state index contributed by atoms with van der Waals surface area (Å²) < 4.78 is -1.30. The van der Waals surface area contributed by atoms with Gasteiger partial charge in [0.25, 0.3) is 0 Å². The lowest BCUT2D eigenvalue weighted by Gasteiger charge is -2.36. The van der Waals surface area contributed by atoms with E-state index < -0.39 is 9.21 Å². The van der Waals surface area contributed by atoms with Crippen molar-refractivity contribution in [2.45, 2.75) is 17.1 Å². The lowest BCUT2D eigenvalue weighted by atomic mass is 9.88. The van der Waals surface area contributed by atoms with Gasteiger partial charge in [0.1, 0.15) is 0 Å². The summed E-state index contributed by atoms with van der Waals surface area (Å²) in [4.78, 5) is 0. The van der Waals surface area contributed by atoms with Crippen molar-refractivity contribution in [3.8, 4) is 0 Å². The Balaban J connectivity index is 4.54. The molecule has 3 N–H and O–H groups in total. The molecule has 0 heterocycles. The van der Waals surface area contributed by atoms with Gasteiger partial charge in [-0.2, -0.15) is 0 Å². The molecule has 0 saturated heterocycles. The largest absolute Gasteiger partial charge is 0.396 e. The number of hydrogen-bond donors (Lipinski definition) is 3. The Morgan fingerprint density at radius 2 is 1.82 bits per heavy atom. The Morgan fingerprint density at radius 1 is 1.36 bits per heavy atom. The fourth-order valence-corrected chi connectivity index (χ4v) is 3.44. The molecule has 5 heteroatoms. The normalized spacial score (nSPS) is 18.0. The highest BCUT2D eigenvalue weighted by Gasteiger charge is 2.45. The summed E-state index contributed by atoms with van der Waals surface area (Å²) in [5.74, 6) is 0. The van der Waals surface area contributed by atoms with Crippen LogP contribution < -0.4 is 0 Å². The van der Waals surface area contributed by atoms with Gasteiger partial charge in [-0.15, -0.1) is 0 Å². The van der Waals surface area contributed by atoms with E-state index in [-0.39, 0.29) is 6.61 Å². The van der Waals surface area contributed by atoms with Gasteiger partial charge in [-0.25, -0.2) is 0 Å². The highest BCUT2D eigenvalue weighted by Crippen LogP contribution is 2.39. The first kappa shape index (κ1) is 12.3. The van der Waals surface area contributed by atoms with Crippen molar-refractivity contribution in [1.29, 1.82) is 0 Å². The first-order chi connectivity index (χ1) is 4.93. The Hall–Kier alpha value is 1.34. The minimum Gasteiger partial charge on any atom is -0.396 e. The predicted molar refractivity (Wildman–Crippen MR) is 59.9 cm³/mol. The molecular weight excluding hydrogens is 374 g/mol. The average molecular weight is 386 g/mol. The predicted octanol–water partition coefficient (Wildman–Crippen LogP) is 0.883. The molecule has 0 aliphatic heterocycles. The molecule has 0 radical (unpaired) electrons. The quantitative estimate of drug-likeness (QED) is 0.382. The Morgan fingerprint density at radius 3 is 1.82 bits per heavy atom. The molecule has 0 saturated carbocycles. The molecule has 0 spiro atoms. The van der Waals surface area contributed by atoms with Crippen LogP contribution in [0.1, 0.15) is 13.3 Å². The number of rotatable bonds is 4. The average Bonchev–Trinajstić information content (AvgIpc) is 1.90. The molecule has 0 rings (SSSR count). The molecular formula is C6H12I2O3. The van der Waals surface area contributed by atoms with Crippen LogP contribution in [0, 0.1) is 5.41 Å². The molecule has 0 aromatic rings. The fraction of sp³-hybridized carbons (Fsp3) is 1.00. The van der Waals surface area contributed by atoms with Crippen LogP contribution in [0.3, 0.4) is 0 Å². The second-order valence-corrected chi connectivity index (χ2v) is 4.78. The van der Waals surface area contributed by atoms with Gasteiger partial charge in [0.2, 0.25) is 3.79 Å². The Kier molecular flexibility index (Phi) is 5.09. The van der Waals surface area contributed by atoms with Crippen LogP contribution in [0.5, 0.6) is 0 Å². The molecule has 0 fully saturated rings. The van der Waals surface area contributed by atoms with Crippen molar-refractivity contribution >= 4 is 45.2 Å². The van der Waals surface area contributed by atoms with Crippen molar-refractivity contribution in [3.05, 3.63) is 0 Å². The van der Waals surface area contributed by atoms with Crippen molar-refractivity contribution in [2.24, 2.45) is 5.41 Å². The topological polar surface area (TPSA) is 60.7 Å². The van der Waals surface area contributed by atoms with Crippen LogP contribution in [-0.4, -0.2) is 30.1 Å². The smallest absolute Gasteiger partial charge is 0.225 e. The Labute approximate surface area is 93.5 Å². The van der Waals surface area contributed by atoms with Gasteiger partial charge in [-0.05, 0) is 29.0 Å². The summed E-state index contributed by atoms with van der Waals surface area (Å²) in [7, 11) is 0. The summed E-state index contributed by atoms with van der Waals surface area (Å²) in [6.07, 6.45) is 0.544. The highest BCUT2D eigenvalue weighted by atomic mass is 127. The highest BCUT2D eigenvalue weighted by molar-refractivity contribution is 14.1. The fourth-order valence-electron chi connectivity index (χ4n) is 0.659. The van der Waals surface area contributed by atoms with Crippen LogP contribution in [0.2, 0.25) is 0 Å². The number of aliphatic hydroxyl groups is 3. The number of alkyl halides is 2. The van der Waals surface area contributed by atoms with Crippen molar-refractivity contribution in [3.63, 3.8) is 0 Å². The van der Waals surface area contributed by atoms with E-state index in [1.165, 1.54) is 22.6 Å². The molecule has 0 bridgehead atoms. The van der Waals surface area contributed by atoms with E-state index in [9.17, 15) is 10.2 Å². The molecule has 0 aliphatic carbocycles. The van der Waals surface area contributed by atoms with Crippen LogP contribution in [0.25, 0.3) is 0 Å². The molecule has 11 heavy (non-hydrogen) atoms.